The number of carbonyl (C=O) groups excluding carboxylic acids is 1. The molecule has 0 N–H and O–H groups in total. The summed E-state index contributed by atoms with van der Waals surface area (Å²) < 4.78 is 7.82. The van der Waals surface area contributed by atoms with Crippen molar-refractivity contribution in [3.8, 4) is 11.4 Å². The lowest BCUT2D eigenvalue weighted by molar-refractivity contribution is -0.107. The van der Waals surface area contributed by atoms with Gasteiger partial charge in [-0.15, -0.1) is 0 Å². The van der Waals surface area contributed by atoms with Crippen LogP contribution in [0.5, 0.6) is 5.75 Å². The third-order valence-corrected chi connectivity index (χ3v) is 5.28. The average molecular weight is 417 g/mol. The Morgan fingerprint density at radius 1 is 1.18 bits per heavy atom. The van der Waals surface area contributed by atoms with E-state index in [2.05, 4.69) is 18.9 Å². The number of hydrogen-bond acceptors (Lipinski definition) is 3. The first-order valence-electron chi connectivity index (χ1n) is 9.09. The number of aryl methyl sites for hydroxylation is 1. The van der Waals surface area contributed by atoms with Crippen molar-refractivity contribution in [3.63, 3.8) is 0 Å². The van der Waals surface area contributed by atoms with Crippen molar-refractivity contribution < 1.29 is 9.53 Å². The van der Waals surface area contributed by atoms with Crippen LogP contribution in [-0.4, -0.2) is 16.1 Å². The second-order valence-electron chi connectivity index (χ2n) is 6.93. The Kier molecular flexibility index (Phi) is 6.42. The van der Waals surface area contributed by atoms with Crippen molar-refractivity contribution in [2.45, 2.75) is 39.7 Å². The quantitative estimate of drug-likeness (QED) is 0.448. The van der Waals surface area contributed by atoms with E-state index < -0.39 is 0 Å². The maximum atomic E-state index is 10.8. The van der Waals surface area contributed by atoms with Gasteiger partial charge in [0.1, 0.15) is 24.3 Å². The van der Waals surface area contributed by atoms with Crippen LogP contribution in [0.4, 0.5) is 0 Å². The molecule has 0 spiro atoms. The Morgan fingerprint density at radius 3 is 2.50 bits per heavy atom. The minimum Gasteiger partial charge on any atom is -0.487 e. The molecule has 0 amide bonds. The van der Waals surface area contributed by atoms with Gasteiger partial charge >= 0.3 is 0 Å². The molecule has 0 fully saturated rings. The van der Waals surface area contributed by atoms with Crippen LogP contribution in [0.3, 0.4) is 0 Å². The molecule has 0 aliphatic heterocycles. The maximum Gasteiger partial charge on any atom is 0.131 e. The Labute approximate surface area is 175 Å². The lowest BCUT2D eigenvalue weighted by Crippen LogP contribution is -2.09. The third-order valence-electron chi connectivity index (χ3n) is 4.67. The maximum absolute atomic E-state index is 10.8. The first kappa shape index (κ1) is 20.4. The highest BCUT2D eigenvalue weighted by Crippen LogP contribution is 2.32. The van der Waals surface area contributed by atoms with Crippen LogP contribution >= 0.6 is 23.2 Å². The minimum absolute atomic E-state index is 0.269. The molecular weight excluding hydrogens is 395 g/mol. The number of halogens is 2. The Bertz CT molecular complexity index is 976. The highest BCUT2D eigenvalue weighted by atomic mass is 35.5. The highest BCUT2D eigenvalue weighted by Gasteiger charge is 2.19. The van der Waals surface area contributed by atoms with E-state index in [-0.39, 0.29) is 5.92 Å². The van der Waals surface area contributed by atoms with Gasteiger partial charge in [-0.3, -0.25) is 0 Å². The molecule has 2 aromatic carbocycles. The molecule has 0 aliphatic carbocycles. The number of aldehydes is 1. The predicted molar refractivity (Wildman–Crippen MR) is 113 cm³/mol. The van der Waals surface area contributed by atoms with Crippen molar-refractivity contribution in [1.82, 2.24) is 9.78 Å². The fourth-order valence-electron chi connectivity index (χ4n) is 3.13. The SMILES string of the molecule is Cc1cc(OCc2c(C(C)C)cnn2-c2c(Cl)cccc2Cl)ccc1CC=O. The molecule has 0 aliphatic rings. The fourth-order valence-corrected chi connectivity index (χ4v) is 3.68. The number of nitrogens with zero attached hydrogens (tertiary/aromatic N) is 2. The average Bonchev–Trinajstić information content (AvgIpc) is 3.06. The lowest BCUT2D eigenvalue weighted by Gasteiger charge is -2.15. The van der Waals surface area contributed by atoms with Crippen LogP contribution in [0.1, 0.15) is 42.1 Å². The van der Waals surface area contributed by atoms with Crippen LogP contribution in [0, 0.1) is 6.92 Å². The van der Waals surface area contributed by atoms with E-state index in [0.29, 0.717) is 28.8 Å². The van der Waals surface area contributed by atoms with Gasteiger partial charge in [-0.2, -0.15) is 5.10 Å². The molecule has 28 heavy (non-hydrogen) atoms. The zero-order chi connectivity index (χ0) is 20.3. The normalized spacial score (nSPS) is 11.1. The van der Waals surface area contributed by atoms with E-state index >= 15 is 0 Å². The van der Waals surface area contributed by atoms with Gasteiger partial charge in [0, 0.05) is 6.42 Å². The van der Waals surface area contributed by atoms with Gasteiger partial charge < -0.3 is 9.53 Å². The molecule has 6 heteroatoms. The van der Waals surface area contributed by atoms with Crippen LogP contribution in [0.25, 0.3) is 5.69 Å². The number of ether oxygens (including phenoxy) is 1. The van der Waals surface area contributed by atoms with Crippen LogP contribution in [0.15, 0.2) is 42.6 Å². The second-order valence-corrected chi connectivity index (χ2v) is 7.75. The molecule has 3 aromatic rings. The third kappa shape index (κ3) is 4.23. The van der Waals surface area contributed by atoms with E-state index in [1.807, 2.05) is 31.3 Å². The highest BCUT2D eigenvalue weighted by molar-refractivity contribution is 6.37. The van der Waals surface area contributed by atoms with E-state index in [1.165, 1.54) is 0 Å². The summed E-state index contributed by atoms with van der Waals surface area (Å²) in [5.41, 5.74) is 4.65. The standard InChI is InChI=1S/C22H22Cl2N2O2/c1-14(2)18-12-25-26(22-19(23)5-4-6-20(22)24)21(18)13-28-17-8-7-16(9-10-27)15(3)11-17/h4-8,10-12,14H,9,13H2,1-3H3. The Hall–Kier alpha value is -2.30. The molecular formula is C22H22Cl2N2O2. The summed E-state index contributed by atoms with van der Waals surface area (Å²) in [5.74, 6) is 1.00. The van der Waals surface area contributed by atoms with Gasteiger partial charge in [0.05, 0.1) is 21.9 Å². The lowest BCUT2D eigenvalue weighted by atomic mass is 10.0. The molecule has 1 aromatic heterocycles. The first-order chi connectivity index (χ1) is 13.4. The van der Waals surface area contributed by atoms with Crippen molar-refractivity contribution in [2.24, 2.45) is 0 Å². The van der Waals surface area contributed by atoms with E-state index in [1.54, 1.807) is 22.9 Å². The summed E-state index contributed by atoms with van der Waals surface area (Å²) in [4.78, 5) is 10.8. The number of carbonyl (C=O) groups is 1. The summed E-state index contributed by atoms with van der Waals surface area (Å²) >= 11 is 12.8. The number of hydrogen-bond donors (Lipinski definition) is 0. The van der Waals surface area contributed by atoms with Crippen LogP contribution in [0.2, 0.25) is 10.0 Å². The number of aromatic nitrogens is 2. The summed E-state index contributed by atoms with van der Waals surface area (Å²) in [7, 11) is 0. The van der Waals surface area contributed by atoms with E-state index in [0.717, 1.165) is 34.4 Å². The molecule has 0 saturated heterocycles. The molecule has 146 valence electrons. The van der Waals surface area contributed by atoms with Crippen LogP contribution in [-0.2, 0) is 17.8 Å². The van der Waals surface area contributed by atoms with Gasteiger partial charge in [-0.05, 0) is 53.8 Å². The minimum atomic E-state index is 0.269. The van der Waals surface area contributed by atoms with Gasteiger partial charge in [-0.25, -0.2) is 4.68 Å². The summed E-state index contributed by atoms with van der Waals surface area (Å²) in [6.07, 6.45) is 3.15. The van der Waals surface area contributed by atoms with Crippen molar-refractivity contribution >= 4 is 29.5 Å². The molecule has 0 unspecified atom stereocenters. The number of benzene rings is 2. The van der Waals surface area contributed by atoms with Crippen molar-refractivity contribution in [2.75, 3.05) is 0 Å². The first-order valence-corrected chi connectivity index (χ1v) is 9.85. The number of rotatable bonds is 7. The molecule has 1 heterocycles. The fraction of sp³-hybridized carbons (Fsp3) is 0.273. The smallest absolute Gasteiger partial charge is 0.131 e. The Balaban J connectivity index is 1.94. The summed E-state index contributed by atoms with van der Waals surface area (Å²) in [6, 6.07) is 11.1. The monoisotopic (exact) mass is 416 g/mol. The van der Waals surface area contributed by atoms with Crippen molar-refractivity contribution in [1.29, 1.82) is 0 Å². The molecule has 0 bridgehead atoms. The van der Waals surface area contributed by atoms with Gasteiger partial charge in [-0.1, -0.05) is 49.2 Å². The topological polar surface area (TPSA) is 44.1 Å². The van der Waals surface area contributed by atoms with Gasteiger partial charge in [0.25, 0.3) is 0 Å². The van der Waals surface area contributed by atoms with Crippen LogP contribution < -0.4 is 4.74 Å². The largest absolute Gasteiger partial charge is 0.487 e. The number of para-hydroxylation sites is 1. The summed E-state index contributed by atoms with van der Waals surface area (Å²) in [6.45, 7) is 6.51. The molecule has 0 saturated carbocycles. The zero-order valence-electron chi connectivity index (χ0n) is 16.1. The zero-order valence-corrected chi connectivity index (χ0v) is 17.6. The molecule has 4 nitrogen and oxygen atoms in total. The molecule has 3 rings (SSSR count). The Morgan fingerprint density at radius 2 is 1.89 bits per heavy atom. The van der Waals surface area contributed by atoms with Gasteiger partial charge in [0.2, 0.25) is 0 Å². The van der Waals surface area contributed by atoms with Gasteiger partial charge in [0.15, 0.2) is 0 Å². The second kappa shape index (κ2) is 8.80. The van der Waals surface area contributed by atoms with E-state index in [9.17, 15) is 4.79 Å². The van der Waals surface area contributed by atoms with E-state index in [4.69, 9.17) is 27.9 Å². The molecule has 0 atom stereocenters. The predicted octanol–water partition coefficient (Wildman–Crippen LogP) is 5.93. The molecule has 0 radical (unpaired) electrons. The summed E-state index contributed by atoms with van der Waals surface area (Å²) in [5, 5.41) is 5.58. The van der Waals surface area contributed by atoms with Crippen molar-refractivity contribution in [3.05, 3.63) is 75.0 Å².